The number of aliphatic hydroxyl groups is 2. The third kappa shape index (κ3) is 1.98. The van der Waals surface area contributed by atoms with Crippen LogP contribution < -0.4 is 0 Å². The molecule has 2 N–H and O–H groups in total. The molecule has 4 rings (SSSR count). The summed E-state index contributed by atoms with van der Waals surface area (Å²) in [5.74, 6) is 0.333. The van der Waals surface area contributed by atoms with E-state index in [9.17, 15) is 15.0 Å². The second kappa shape index (κ2) is 5.10. The van der Waals surface area contributed by atoms with Crippen molar-refractivity contribution in [1.82, 2.24) is 0 Å². The minimum absolute atomic E-state index is 0.00632. The molecule has 0 aliphatic heterocycles. The van der Waals surface area contributed by atoms with E-state index in [0.717, 1.165) is 44.1 Å². The summed E-state index contributed by atoms with van der Waals surface area (Å²) in [5, 5.41) is 22.2. The fourth-order valence-corrected chi connectivity index (χ4v) is 7.72. The van der Waals surface area contributed by atoms with E-state index in [2.05, 4.69) is 13.5 Å². The van der Waals surface area contributed by atoms with Crippen LogP contribution in [0.15, 0.2) is 12.2 Å². The maximum Gasteiger partial charge on any atom is 0.311 e. The first-order chi connectivity index (χ1) is 11.6. The van der Waals surface area contributed by atoms with Crippen LogP contribution in [-0.4, -0.2) is 35.0 Å². The van der Waals surface area contributed by atoms with Crippen molar-refractivity contribution in [2.45, 2.75) is 76.9 Å². The van der Waals surface area contributed by atoms with E-state index in [4.69, 9.17) is 4.74 Å². The number of rotatable bonds is 1. The zero-order valence-corrected chi connectivity index (χ0v) is 15.8. The fourth-order valence-electron chi connectivity index (χ4n) is 7.72. The molecule has 4 fully saturated rings. The van der Waals surface area contributed by atoms with Gasteiger partial charge in [-0.25, -0.2) is 0 Å². The molecule has 0 unspecified atom stereocenters. The lowest BCUT2D eigenvalue weighted by Gasteiger charge is -2.65. The van der Waals surface area contributed by atoms with Crippen molar-refractivity contribution in [2.24, 2.45) is 28.1 Å². The first kappa shape index (κ1) is 17.5. The average Bonchev–Trinajstić information content (AvgIpc) is 2.75. The predicted molar refractivity (Wildman–Crippen MR) is 94.7 cm³/mol. The number of hydrogen-bond acceptors (Lipinski definition) is 4. The zero-order valence-electron chi connectivity index (χ0n) is 15.8. The SMILES string of the molecule is C=C1C[C@]23C[C@@]1(O)CC[C@H]2[C@]1(C)CCC[C@@](C)(C(=O)OC)[C@H]1C[C@@H]3O. The van der Waals surface area contributed by atoms with Gasteiger partial charge in [0.25, 0.3) is 0 Å². The van der Waals surface area contributed by atoms with Crippen molar-refractivity contribution in [2.75, 3.05) is 7.11 Å². The molecular weight excluding hydrogens is 316 g/mol. The van der Waals surface area contributed by atoms with Gasteiger partial charge in [-0.05, 0) is 74.7 Å². The van der Waals surface area contributed by atoms with Crippen LogP contribution in [-0.2, 0) is 9.53 Å². The van der Waals surface area contributed by atoms with Crippen molar-refractivity contribution >= 4 is 5.97 Å². The van der Waals surface area contributed by atoms with Gasteiger partial charge in [-0.1, -0.05) is 19.9 Å². The van der Waals surface area contributed by atoms with E-state index in [1.54, 1.807) is 0 Å². The van der Waals surface area contributed by atoms with Crippen molar-refractivity contribution in [1.29, 1.82) is 0 Å². The van der Waals surface area contributed by atoms with Crippen LogP contribution in [0.25, 0.3) is 0 Å². The van der Waals surface area contributed by atoms with E-state index < -0.39 is 17.1 Å². The van der Waals surface area contributed by atoms with Gasteiger partial charge in [0.15, 0.2) is 0 Å². The number of fused-ring (bicyclic) bond motifs is 3. The lowest BCUT2D eigenvalue weighted by molar-refractivity contribution is -0.217. The quantitative estimate of drug-likeness (QED) is 0.564. The molecule has 140 valence electrons. The van der Waals surface area contributed by atoms with E-state index in [1.165, 1.54) is 7.11 Å². The van der Waals surface area contributed by atoms with Gasteiger partial charge in [-0.15, -0.1) is 0 Å². The molecular formula is C21H32O4. The summed E-state index contributed by atoms with van der Waals surface area (Å²) in [6.45, 7) is 8.53. The number of esters is 1. The molecule has 0 aromatic carbocycles. The Bertz CT molecular complexity index is 629. The van der Waals surface area contributed by atoms with Crippen LogP contribution in [0.1, 0.15) is 65.2 Å². The molecule has 2 bridgehead atoms. The van der Waals surface area contributed by atoms with Gasteiger partial charge in [-0.2, -0.15) is 0 Å². The largest absolute Gasteiger partial charge is 0.469 e. The second-order valence-electron chi connectivity index (χ2n) is 9.89. The second-order valence-corrected chi connectivity index (χ2v) is 9.89. The fraction of sp³-hybridized carbons (Fsp3) is 0.857. The van der Waals surface area contributed by atoms with Gasteiger partial charge < -0.3 is 14.9 Å². The Balaban J connectivity index is 1.79. The third-order valence-corrected chi connectivity index (χ3v) is 8.91. The number of aliphatic hydroxyl groups excluding tert-OH is 1. The summed E-state index contributed by atoms with van der Waals surface area (Å²) in [5.41, 5.74) is -0.659. The highest BCUT2D eigenvalue weighted by molar-refractivity contribution is 5.77. The molecule has 1 spiro atoms. The molecule has 0 amide bonds. The Labute approximate surface area is 150 Å². The number of ether oxygens (including phenoxy) is 1. The van der Waals surface area contributed by atoms with Crippen LogP contribution in [0.4, 0.5) is 0 Å². The van der Waals surface area contributed by atoms with Crippen LogP contribution in [0.3, 0.4) is 0 Å². The normalized spacial score (nSPS) is 54.6. The Morgan fingerprint density at radius 3 is 2.64 bits per heavy atom. The summed E-state index contributed by atoms with van der Waals surface area (Å²) in [6, 6.07) is 0. The third-order valence-electron chi connectivity index (χ3n) is 8.91. The van der Waals surface area contributed by atoms with Gasteiger partial charge in [0.05, 0.1) is 24.2 Å². The lowest BCUT2D eigenvalue weighted by Crippen LogP contribution is -2.63. The molecule has 0 saturated heterocycles. The minimum atomic E-state index is -0.791. The summed E-state index contributed by atoms with van der Waals surface area (Å²) >= 11 is 0. The predicted octanol–water partition coefficient (Wildman–Crippen LogP) is 3.21. The Kier molecular flexibility index (Phi) is 3.58. The summed E-state index contributed by atoms with van der Waals surface area (Å²) in [4.78, 5) is 12.7. The molecule has 4 saturated carbocycles. The van der Waals surface area contributed by atoms with Gasteiger partial charge in [0.2, 0.25) is 0 Å². The van der Waals surface area contributed by atoms with Crippen LogP contribution in [0, 0.1) is 28.1 Å². The first-order valence-corrected chi connectivity index (χ1v) is 9.79. The molecule has 0 aromatic rings. The van der Waals surface area contributed by atoms with Gasteiger partial charge in [0.1, 0.15) is 0 Å². The Morgan fingerprint density at radius 1 is 1.24 bits per heavy atom. The first-order valence-electron chi connectivity index (χ1n) is 9.79. The maximum atomic E-state index is 12.7. The molecule has 25 heavy (non-hydrogen) atoms. The van der Waals surface area contributed by atoms with Gasteiger partial charge in [-0.3, -0.25) is 4.79 Å². The highest BCUT2D eigenvalue weighted by Gasteiger charge is 2.70. The minimum Gasteiger partial charge on any atom is -0.469 e. The molecule has 7 atom stereocenters. The summed E-state index contributed by atoms with van der Waals surface area (Å²) in [7, 11) is 1.47. The molecule has 4 aliphatic rings. The molecule has 0 aromatic heterocycles. The smallest absolute Gasteiger partial charge is 0.311 e. The molecule has 4 heteroatoms. The standard InChI is InChI=1S/C21H32O4/c1-13-11-20-12-21(13,24)9-6-14(20)18(2)7-5-8-19(3,17(23)25-4)15(18)10-16(20)22/h14-16,22,24H,1,5-12H2,2-4H3/t14-,15-,16-,18-,19+,20-,21-/m0/s1. The van der Waals surface area contributed by atoms with E-state index in [-0.39, 0.29) is 22.7 Å². The highest BCUT2D eigenvalue weighted by Crippen LogP contribution is 2.72. The topological polar surface area (TPSA) is 66.8 Å². The maximum absolute atomic E-state index is 12.7. The lowest BCUT2D eigenvalue weighted by atomic mass is 9.40. The van der Waals surface area contributed by atoms with E-state index in [0.29, 0.717) is 18.8 Å². The van der Waals surface area contributed by atoms with Crippen molar-refractivity contribution in [3.63, 3.8) is 0 Å². The van der Waals surface area contributed by atoms with Crippen molar-refractivity contribution in [3.05, 3.63) is 12.2 Å². The molecule has 4 nitrogen and oxygen atoms in total. The highest BCUT2D eigenvalue weighted by atomic mass is 16.5. The van der Waals surface area contributed by atoms with Gasteiger partial charge >= 0.3 is 5.97 Å². The summed E-state index contributed by atoms with van der Waals surface area (Å²) < 4.78 is 5.18. The van der Waals surface area contributed by atoms with E-state index in [1.807, 2.05) is 6.92 Å². The molecule has 0 radical (unpaired) electrons. The van der Waals surface area contributed by atoms with Crippen LogP contribution in [0.5, 0.6) is 0 Å². The van der Waals surface area contributed by atoms with Gasteiger partial charge in [0, 0.05) is 5.41 Å². The zero-order chi connectivity index (χ0) is 18.3. The molecule has 0 heterocycles. The number of methoxy groups -OCH3 is 1. The van der Waals surface area contributed by atoms with Crippen molar-refractivity contribution < 1.29 is 19.7 Å². The average molecular weight is 348 g/mol. The monoisotopic (exact) mass is 348 g/mol. The van der Waals surface area contributed by atoms with E-state index >= 15 is 0 Å². The number of carbonyl (C=O) groups is 1. The Morgan fingerprint density at radius 2 is 1.96 bits per heavy atom. The Hall–Kier alpha value is -0.870. The van der Waals surface area contributed by atoms with Crippen molar-refractivity contribution in [3.8, 4) is 0 Å². The van der Waals surface area contributed by atoms with Crippen LogP contribution >= 0.6 is 0 Å². The summed E-state index contributed by atoms with van der Waals surface area (Å²) in [6.07, 6.45) is 6.11. The number of hydrogen-bond donors (Lipinski definition) is 2. The van der Waals surface area contributed by atoms with Crippen LogP contribution in [0.2, 0.25) is 0 Å². The number of carbonyl (C=O) groups excluding carboxylic acids is 1. The molecule has 4 aliphatic carbocycles.